The molecule has 8 heteroatoms. The Hall–Kier alpha value is -2.55. The normalized spacial score (nSPS) is 19.1. The van der Waals surface area contributed by atoms with Gasteiger partial charge in [0, 0.05) is 11.5 Å². The number of rotatable bonds is 7. The zero-order valence-corrected chi connectivity index (χ0v) is 19.3. The molecular formula is C23H30N4O3S. The number of hydrogen-bond acceptors (Lipinski definition) is 7. The van der Waals surface area contributed by atoms with Crippen molar-refractivity contribution >= 4 is 28.6 Å². The van der Waals surface area contributed by atoms with Gasteiger partial charge in [0.15, 0.2) is 0 Å². The van der Waals surface area contributed by atoms with Gasteiger partial charge >= 0.3 is 0 Å². The summed E-state index contributed by atoms with van der Waals surface area (Å²) in [4.78, 5) is 20.2. The Labute approximate surface area is 187 Å². The largest absolute Gasteiger partial charge is 0.390 e. The minimum atomic E-state index is -0.906. The van der Waals surface area contributed by atoms with Crippen LogP contribution in [0.4, 0.5) is 5.00 Å². The first-order valence-corrected chi connectivity index (χ1v) is 11.1. The molecule has 31 heavy (non-hydrogen) atoms. The third-order valence-corrected chi connectivity index (χ3v) is 6.33. The number of amides is 1. The zero-order chi connectivity index (χ0) is 22.8. The summed E-state index contributed by atoms with van der Waals surface area (Å²) in [6.45, 7) is 9.34. The molecule has 3 rings (SSSR count). The zero-order valence-electron chi connectivity index (χ0n) is 18.5. The number of aliphatic hydroxyl groups is 2. The number of carbonyl (C=O) groups is 1. The molecule has 0 fully saturated rings. The molecule has 2 heterocycles. The van der Waals surface area contributed by atoms with Crippen molar-refractivity contribution in [1.82, 2.24) is 10.3 Å². The van der Waals surface area contributed by atoms with E-state index in [0.29, 0.717) is 24.5 Å². The fourth-order valence-electron chi connectivity index (χ4n) is 3.57. The van der Waals surface area contributed by atoms with Crippen LogP contribution in [-0.2, 0) is 16.9 Å². The summed E-state index contributed by atoms with van der Waals surface area (Å²) in [5.41, 5.74) is 0.709. The van der Waals surface area contributed by atoms with Crippen LogP contribution in [0.5, 0.6) is 0 Å². The molecule has 7 nitrogen and oxygen atoms in total. The number of anilines is 1. The van der Waals surface area contributed by atoms with E-state index in [1.807, 2.05) is 43.3 Å². The molecule has 1 aromatic heterocycles. The van der Waals surface area contributed by atoms with E-state index in [9.17, 15) is 15.0 Å². The van der Waals surface area contributed by atoms with Gasteiger partial charge in [-0.1, -0.05) is 41.7 Å². The molecule has 0 aliphatic carbocycles. The van der Waals surface area contributed by atoms with Crippen molar-refractivity contribution in [3.63, 3.8) is 0 Å². The lowest BCUT2D eigenvalue weighted by atomic mass is 9.84. The van der Waals surface area contributed by atoms with Gasteiger partial charge < -0.3 is 20.8 Å². The number of carbonyl (C=O) groups excluding carboxylic acids is 1. The Morgan fingerprint density at radius 1 is 1.16 bits per heavy atom. The van der Waals surface area contributed by atoms with Gasteiger partial charge in [0.25, 0.3) is 0 Å². The second-order valence-corrected chi connectivity index (χ2v) is 9.85. The van der Waals surface area contributed by atoms with Crippen molar-refractivity contribution in [2.24, 2.45) is 10.9 Å². The number of thiazole rings is 1. The molecular weight excluding hydrogens is 412 g/mol. The van der Waals surface area contributed by atoms with Crippen molar-refractivity contribution in [1.29, 1.82) is 0 Å². The molecule has 0 saturated carbocycles. The lowest BCUT2D eigenvalue weighted by Gasteiger charge is -2.32. The topological polar surface area (TPSA) is 107 Å². The van der Waals surface area contributed by atoms with Crippen LogP contribution in [0, 0.1) is 5.92 Å². The van der Waals surface area contributed by atoms with Gasteiger partial charge in [-0.3, -0.25) is 9.79 Å². The summed E-state index contributed by atoms with van der Waals surface area (Å²) >= 11 is 1.47. The molecule has 2 unspecified atom stereocenters. The molecule has 1 aromatic carbocycles. The molecule has 0 radical (unpaired) electrons. The Kier molecular flexibility index (Phi) is 6.64. The van der Waals surface area contributed by atoms with Crippen LogP contribution in [0.3, 0.4) is 0 Å². The summed E-state index contributed by atoms with van der Waals surface area (Å²) < 4.78 is 0. The summed E-state index contributed by atoms with van der Waals surface area (Å²) in [5.74, 6) is 0.619. The molecule has 1 amide bonds. The van der Waals surface area contributed by atoms with E-state index in [2.05, 4.69) is 15.6 Å². The second kappa shape index (κ2) is 8.90. The van der Waals surface area contributed by atoms with Crippen molar-refractivity contribution in [2.75, 3.05) is 5.32 Å². The van der Waals surface area contributed by atoms with Gasteiger partial charge in [-0.05, 0) is 46.3 Å². The SMILES string of the molecule is CC1N=C(Nc2sc(-c3ccc(C(C)(C)O)cc3)nc2CNC=O)C=CC1C(C)(C)O. The van der Waals surface area contributed by atoms with Crippen molar-refractivity contribution in [3.05, 3.63) is 47.7 Å². The van der Waals surface area contributed by atoms with Gasteiger partial charge in [0.05, 0.1) is 29.5 Å². The minimum Gasteiger partial charge on any atom is -0.390 e. The van der Waals surface area contributed by atoms with Gasteiger partial charge in [-0.25, -0.2) is 4.98 Å². The van der Waals surface area contributed by atoms with Gasteiger partial charge in [0.1, 0.15) is 15.8 Å². The smallest absolute Gasteiger partial charge is 0.207 e. The Balaban J connectivity index is 1.86. The fourth-order valence-corrected chi connectivity index (χ4v) is 4.56. The van der Waals surface area contributed by atoms with E-state index in [4.69, 9.17) is 4.98 Å². The summed E-state index contributed by atoms with van der Waals surface area (Å²) in [5, 5.41) is 28.1. The van der Waals surface area contributed by atoms with E-state index in [0.717, 1.165) is 21.1 Å². The number of hydrogen-bond donors (Lipinski definition) is 4. The quantitative estimate of drug-likeness (QED) is 0.492. The van der Waals surface area contributed by atoms with Crippen LogP contribution in [-0.4, -0.2) is 39.1 Å². The highest BCUT2D eigenvalue weighted by atomic mass is 32.1. The number of aliphatic imine (C=N–C) groups is 1. The molecule has 1 aliphatic rings. The number of amidine groups is 1. The molecule has 1 aliphatic heterocycles. The summed E-state index contributed by atoms with van der Waals surface area (Å²) in [6.07, 6.45) is 4.49. The molecule has 2 atom stereocenters. The lowest BCUT2D eigenvalue weighted by molar-refractivity contribution is -0.109. The molecule has 166 valence electrons. The highest BCUT2D eigenvalue weighted by Gasteiger charge is 2.31. The van der Waals surface area contributed by atoms with Crippen LogP contribution in [0.1, 0.15) is 45.9 Å². The minimum absolute atomic E-state index is 0.0689. The van der Waals surface area contributed by atoms with Crippen molar-refractivity contribution in [3.8, 4) is 10.6 Å². The van der Waals surface area contributed by atoms with E-state index in [1.54, 1.807) is 27.7 Å². The predicted octanol–water partition coefficient (Wildman–Crippen LogP) is 3.44. The first-order chi connectivity index (χ1) is 14.5. The van der Waals surface area contributed by atoms with E-state index in [-0.39, 0.29) is 12.0 Å². The number of nitrogens with zero attached hydrogens (tertiary/aromatic N) is 2. The van der Waals surface area contributed by atoms with Crippen LogP contribution < -0.4 is 10.6 Å². The standard InChI is InChI=1S/C23H30N4O3S/c1-14-17(23(4,5)30)10-11-19(25-14)27-21-18(12-24-13-28)26-20(31-21)15-6-8-16(9-7-15)22(2,3)29/h6-11,13-14,17,29-30H,12H2,1-5H3,(H,24,28)(H,25,27). The maximum absolute atomic E-state index is 10.8. The maximum Gasteiger partial charge on any atom is 0.207 e. The van der Waals surface area contributed by atoms with Crippen molar-refractivity contribution in [2.45, 2.75) is 58.4 Å². The van der Waals surface area contributed by atoms with Gasteiger partial charge in [0.2, 0.25) is 6.41 Å². The number of dihydropyridines is 1. The van der Waals surface area contributed by atoms with Crippen LogP contribution >= 0.6 is 11.3 Å². The third kappa shape index (κ3) is 5.58. The number of benzene rings is 1. The monoisotopic (exact) mass is 442 g/mol. The van der Waals surface area contributed by atoms with Crippen LogP contribution in [0.2, 0.25) is 0 Å². The first kappa shape index (κ1) is 23.1. The predicted molar refractivity (Wildman–Crippen MR) is 125 cm³/mol. The van der Waals surface area contributed by atoms with Crippen LogP contribution in [0.25, 0.3) is 10.6 Å². The molecule has 0 bridgehead atoms. The molecule has 0 spiro atoms. The molecule has 2 aromatic rings. The van der Waals surface area contributed by atoms with Gasteiger partial charge in [-0.2, -0.15) is 0 Å². The Morgan fingerprint density at radius 3 is 2.39 bits per heavy atom. The average Bonchev–Trinajstić information content (AvgIpc) is 3.07. The summed E-state index contributed by atoms with van der Waals surface area (Å²) in [6, 6.07) is 7.56. The number of nitrogens with one attached hydrogen (secondary N) is 2. The first-order valence-electron chi connectivity index (χ1n) is 10.2. The van der Waals surface area contributed by atoms with Crippen molar-refractivity contribution < 1.29 is 15.0 Å². The Morgan fingerprint density at radius 2 is 1.84 bits per heavy atom. The molecule has 4 N–H and O–H groups in total. The highest BCUT2D eigenvalue weighted by Crippen LogP contribution is 2.34. The van der Waals surface area contributed by atoms with Crippen LogP contribution in [0.15, 0.2) is 41.4 Å². The maximum atomic E-state index is 10.8. The van der Waals surface area contributed by atoms with E-state index < -0.39 is 11.2 Å². The number of aromatic nitrogens is 1. The van der Waals surface area contributed by atoms with E-state index in [1.165, 1.54) is 11.3 Å². The van der Waals surface area contributed by atoms with E-state index >= 15 is 0 Å². The van der Waals surface area contributed by atoms with Gasteiger partial charge in [-0.15, -0.1) is 0 Å². The summed E-state index contributed by atoms with van der Waals surface area (Å²) in [7, 11) is 0. The highest BCUT2D eigenvalue weighted by molar-refractivity contribution is 7.19. The second-order valence-electron chi connectivity index (χ2n) is 8.85. The lowest BCUT2D eigenvalue weighted by Crippen LogP contribution is -2.38. The average molecular weight is 443 g/mol. The third-order valence-electron chi connectivity index (χ3n) is 5.27. The Bertz CT molecular complexity index is 982. The molecule has 0 saturated heterocycles. The fraction of sp³-hybridized carbons (Fsp3) is 0.435.